The second kappa shape index (κ2) is 10.6. The van der Waals surface area contributed by atoms with E-state index in [2.05, 4.69) is 10.2 Å². The summed E-state index contributed by atoms with van der Waals surface area (Å²) in [6, 6.07) is 16.7. The van der Waals surface area contributed by atoms with Crippen LogP contribution in [0.2, 0.25) is 0 Å². The summed E-state index contributed by atoms with van der Waals surface area (Å²) in [5, 5.41) is 3.03. The molecule has 0 spiro atoms. The lowest BCUT2D eigenvalue weighted by atomic mass is 10.0. The van der Waals surface area contributed by atoms with Gasteiger partial charge in [-0.1, -0.05) is 42.5 Å². The monoisotopic (exact) mass is 411 g/mol. The van der Waals surface area contributed by atoms with Crippen LogP contribution in [-0.2, 0) is 9.53 Å². The van der Waals surface area contributed by atoms with Gasteiger partial charge in [-0.05, 0) is 31.5 Å². The zero-order valence-corrected chi connectivity index (χ0v) is 17.5. The number of carbonyl (C=O) groups is 2. The molecule has 0 unspecified atom stereocenters. The number of piperazine rings is 1. The second-order valence-electron chi connectivity index (χ2n) is 6.95. The quantitative estimate of drug-likeness (QED) is 0.755. The summed E-state index contributed by atoms with van der Waals surface area (Å²) in [5.74, 6) is 0.519. The molecular weight excluding hydrogens is 382 g/mol. The van der Waals surface area contributed by atoms with Crippen molar-refractivity contribution in [1.29, 1.82) is 0 Å². The van der Waals surface area contributed by atoms with Crippen LogP contribution >= 0.6 is 0 Å². The van der Waals surface area contributed by atoms with Gasteiger partial charge in [0.05, 0.1) is 18.9 Å². The average Bonchev–Trinajstić information content (AvgIpc) is 2.77. The van der Waals surface area contributed by atoms with Crippen LogP contribution in [0.15, 0.2) is 54.6 Å². The minimum atomic E-state index is -0.467. The molecule has 7 heteroatoms. The number of benzene rings is 2. The molecule has 0 aromatic heterocycles. The fraction of sp³-hybridized carbons (Fsp3) is 0.391. The standard InChI is InChI=1S/C23H29N3O4/c1-3-29-20-13-9-8-12-19(20)24-22(27)21(18-10-6-5-7-11-18)25-14-16-26(17-15-25)23(28)30-4-2/h5-13,21H,3-4,14-17H2,1-2H3,(H,24,27)/t21-/m1/s1. The molecule has 3 rings (SSSR count). The maximum atomic E-state index is 13.4. The molecule has 2 aromatic rings. The van der Waals surface area contributed by atoms with Gasteiger partial charge in [-0.2, -0.15) is 0 Å². The van der Waals surface area contributed by atoms with Crippen molar-refractivity contribution >= 4 is 17.7 Å². The van der Waals surface area contributed by atoms with Gasteiger partial charge < -0.3 is 19.7 Å². The topological polar surface area (TPSA) is 71.1 Å². The van der Waals surface area contributed by atoms with Crippen molar-refractivity contribution < 1.29 is 19.1 Å². The fourth-order valence-electron chi connectivity index (χ4n) is 3.59. The summed E-state index contributed by atoms with van der Waals surface area (Å²) >= 11 is 0. The first kappa shape index (κ1) is 21.6. The number of carbonyl (C=O) groups excluding carboxylic acids is 2. The van der Waals surface area contributed by atoms with Crippen LogP contribution in [0.25, 0.3) is 0 Å². The number of rotatable bonds is 7. The highest BCUT2D eigenvalue weighted by Crippen LogP contribution is 2.28. The Balaban J connectivity index is 1.77. The number of ether oxygens (including phenoxy) is 2. The Kier molecular flexibility index (Phi) is 7.68. The van der Waals surface area contributed by atoms with Gasteiger partial charge in [0.15, 0.2) is 0 Å². The lowest BCUT2D eigenvalue weighted by Gasteiger charge is -2.38. The molecule has 2 amide bonds. The number of nitrogens with one attached hydrogen (secondary N) is 1. The average molecular weight is 412 g/mol. The molecule has 0 radical (unpaired) electrons. The van der Waals surface area contributed by atoms with Crippen LogP contribution in [0.4, 0.5) is 10.5 Å². The molecule has 0 bridgehead atoms. The van der Waals surface area contributed by atoms with Crippen molar-refractivity contribution in [3.63, 3.8) is 0 Å². The van der Waals surface area contributed by atoms with E-state index in [1.807, 2.05) is 61.5 Å². The van der Waals surface area contributed by atoms with Crippen molar-refractivity contribution in [2.75, 3.05) is 44.7 Å². The van der Waals surface area contributed by atoms with E-state index in [9.17, 15) is 9.59 Å². The smallest absolute Gasteiger partial charge is 0.409 e. The molecule has 1 N–H and O–H groups in total. The fourth-order valence-corrected chi connectivity index (χ4v) is 3.59. The number of hydrogen-bond acceptors (Lipinski definition) is 5. The summed E-state index contributed by atoms with van der Waals surface area (Å²) in [7, 11) is 0. The molecule has 1 atom stereocenters. The number of amides is 2. The first-order valence-corrected chi connectivity index (χ1v) is 10.4. The summed E-state index contributed by atoms with van der Waals surface area (Å²) in [5.41, 5.74) is 1.56. The molecule has 1 fully saturated rings. The van der Waals surface area contributed by atoms with Crippen LogP contribution in [0.3, 0.4) is 0 Å². The normalized spacial score (nSPS) is 15.3. The van der Waals surface area contributed by atoms with Crippen molar-refractivity contribution in [2.45, 2.75) is 19.9 Å². The van der Waals surface area contributed by atoms with E-state index in [-0.39, 0.29) is 12.0 Å². The molecule has 160 valence electrons. The molecule has 1 aliphatic rings. The van der Waals surface area contributed by atoms with E-state index >= 15 is 0 Å². The molecule has 1 aliphatic heterocycles. The van der Waals surface area contributed by atoms with Crippen molar-refractivity contribution in [3.8, 4) is 5.75 Å². The predicted molar refractivity (Wildman–Crippen MR) is 116 cm³/mol. The van der Waals surface area contributed by atoms with E-state index in [1.165, 1.54) is 0 Å². The van der Waals surface area contributed by atoms with Crippen LogP contribution in [0.1, 0.15) is 25.5 Å². The van der Waals surface area contributed by atoms with Gasteiger partial charge >= 0.3 is 6.09 Å². The molecule has 1 heterocycles. The second-order valence-corrected chi connectivity index (χ2v) is 6.95. The Bertz CT molecular complexity index is 835. The van der Waals surface area contributed by atoms with E-state index in [4.69, 9.17) is 9.47 Å². The lowest BCUT2D eigenvalue weighted by molar-refractivity contribution is -0.122. The molecular formula is C23H29N3O4. The van der Waals surface area contributed by atoms with E-state index in [0.29, 0.717) is 50.8 Å². The summed E-state index contributed by atoms with van der Waals surface area (Å²) in [6.45, 7) is 6.78. The van der Waals surface area contributed by atoms with Crippen LogP contribution in [0.5, 0.6) is 5.75 Å². The van der Waals surface area contributed by atoms with Crippen LogP contribution < -0.4 is 10.1 Å². The minimum absolute atomic E-state index is 0.127. The largest absolute Gasteiger partial charge is 0.492 e. The number of para-hydroxylation sites is 2. The molecule has 2 aromatic carbocycles. The van der Waals surface area contributed by atoms with Crippen molar-refractivity contribution in [1.82, 2.24) is 9.80 Å². The highest BCUT2D eigenvalue weighted by molar-refractivity contribution is 5.96. The van der Waals surface area contributed by atoms with Gasteiger partial charge in [0.2, 0.25) is 5.91 Å². The van der Waals surface area contributed by atoms with Gasteiger partial charge in [-0.3, -0.25) is 9.69 Å². The molecule has 0 aliphatic carbocycles. The minimum Gasteiger partial charge on any atom is -0.492 e. The maximum Gasteiger partial charge on any atom is 0.409 e. The van der Waals surface area contributed by atoms with Gasteiger partial charge in [-0.25, -0.2) is 4.79 Å². The number of nitrogens with zero attached hydrogens (tertiary/aromatic N) is 2. The number of hydrogen-bond donors (Lipinski definition) is 1. The Morgan fingerprint density at radius 3 is 2.27 bits per heavy atom. The maximum absolute atomic E-state index is 13.4. The van der Waals surface area contributed by atoms with Crippen LogP contribution in [-0.4, -0.2) is 61.2 Å². The van der Waals surface area contributed by atoms with Crippen molar-refractivity contribution in [2.24, 2.45) is 0 Å². The third-order valence-corrected chi connectivity index (χ3v) is 5.01. The Morgan fingerprint density at radius 2 is 1.60 bits per heavy atom. The Hall–Kier alpha value is -3.06. The van der Waals surface area contributed by atoms with E-state index in [1.54, 1.807) is 11.8 Å². The Morgan fingerprint density at radius 1 is 0.933 bits per heavy atom. The van der Waals surface area contributed by atoms with E-state index in [0.717, 1.165) is 5.56 Å². The summed E-state index contributed by atoms with van der Waals surface area (Å²) in [6.07, 6.45) is -0.302. The molecule has 30 heavy (non-hydrogen) atoms. The van der Waals surface area contributed by atoms with Crippen LogP contribution in [0, 0.1) is 0 Å². The third kappa shape index (κ3) is 5.30. The zero-order valence-electron chi connectivity index (χ0n) is 17.5. The third-order valence-electron chi connectivity index (χ3n) is 5.01. The van der Waals surface area contributed by atoms with Gasteiger partial charge in [0.1, 0.15) is 11.8 Å². The summed E-state index contributed by atoms with van der Waals surface area (Å²) in [4.78, 5) is 29.2. The summed E-state index contributed by atoms with van der Waals surface area (Å²) < 4.78 is 10.7. The highest BCUT2D eigenvalue weighted by atomic mass is 16.6. The van der Waals surface area contributed by atoms with E-state index < -0.39 is 6.04 Å². The molecule has 1 saturated heterocycles. The first-order chi connectivity index (χ1) is 14.6. The molecule has 7 nitrogen and oxygen atoms in total. The van der Waals surface area contributed by atoms with Gasteiger partial charge in [0, 0.05) is 26.2 Å². The molecule has 0 saturated carbocycles. The van der Waals surface area contributed by atoms with Gasteiger partial charge in [-0.15, -0.1) is 0 Å². The first-order valence-electron chi connectivity index (χ1n) is 10.4. The zero-order chi connectivity index (χ0) is 21.3. The predicted octanol–water partition coefficient (Wildman–Crippen LogP) is 3.54. The number of anilines is 1. The van der Waals surface area contributed by atoms with Gasteiger partial charge in [0.25, 0.3) is 0 Å². The van der Waals surface area contributed by atoms with Crippen molar-refractivity contribution in [3.05, 3.63) is 60.2 Å². The highest BCUT2D eigenvalue weighted by Gasteiger charge is 2.32. The Labute approximate surface area is 177 Å². The lowest BCUT2D eigenvalue weighted by Crippen LogP contribution is -2.51. The SMILES string of the molecule is CCOC(=O)N1CCN([C@@H](C(=O)Nc2ccccc2OCC)c2ccccc2)CC1.